The Hall–Kier alpha value is -2.98. The molecule has 1 fully saturated rings. The highest BCUT2D eigenvalue weighted by Crippen LogP contribution is 2.31. The molecule has 3 rings (SSSR count). The number of hydrogen-bond acceptors (Lipinski definition) is 6. The van der Waals surface area contributed by atoms with E-state index in [9.17, 15) is 13.2 Å². The van der Waals surface area contributed by atoms with Crippen molar-refractivity contribution in [3.63, 3.8) is 0 Å². The number of hydrogen-bond donors (Lipinski definition) is 1. The van der Waals surface area contributed by atoms with Crippen LogP contribution in [0.25, 0.3) is 0 Å². The number of piperazine rings is 1. The summed E-state index contributed by atoms with van der Waals surface area (Å²) in [5.41, 5.74) is 0. The van der Waals surface area contributed by atoms with E-state index in [1.807, 2.05) is 30.3 Å². The molecule has 0 radical (unpaired) electrons. The first-order valence-electron chi connectivity index (χ1n) is 9.88. The summed E-state index contributed by atoms with van der Waals surface area (Å²) in [6.45, 7) is 1.66. The molecule has 31 heavy (non-hydrogen) atoms. The second-order valence-corrected chi connectivity index (χ2v) is 8.71. The van der Waals surface area contributed by atoms with Crippen molar-refractivity contribution in [2.75, 3.05) is 53.6 Å². The molecule has 10 heteroatoms. The predicted octanol–water partition coefficient (Wildman–Crippen LogP) is 1.80. The van der Waals surface area contributed by atoms with Gasteiger partial charge in [-0.1, -0.05) is 18.2 Å². The third-order valence-electron chi connectivity index (χ3n) is 4.90. The number of carbonyl (C=O) groups is 1. The molecule has 0 bridgehead atoms. The van der Waals surface area contributed by atoms with E-state index in [0.717, 1.165) is 5.75 Å². The molecular weight excluding hydrogens is 422 g/mol. The van der Waals surface area contributed by atoms with E-state index in [4.69, 9.17) is 14.2 Å². The lowest BCUT2D eigenvalue weighted by atomic mass is 10.3. The van der Waals surface area contributed by atoms with Crippen molar-refractivity contribution in [3.8, 4) is 17.2 Å². The van der Waals surface area contributed by atoms with Gasteiger partial charge in [-0.3, -0.25) is 0 Å². The fourth-order valence-electron chi connectivity index (χ4n) is 3.21. The zero-order valence-electron chi connectivity index (χ0n) is 17.6. The quantitative estimate of drug-likeness (QED) is 0.618. The monoisotopic (exact) mass is 449 g/mol. The Labute approximate surface area is 182 Å². The van der Waals surface area contributed by atoms with Crippen molar-refractivity contribution in [2.45, 2.75) is 4.90 Å². The van der Waals surface area contributed by atoms with Crippen molar-refractivity contribution in [1.82, 2.24) is 14.5 Å². The molecule has 0 aromatic heterocycles. The summed E-state index contributed by atoms with van der Waals surface area (Å²) in [6, 6.07) is 13.8. The van der Waals surface area contributed by atoms with E-state index in [2.05, 4.69) is 5.32 Å². The normalized spacial score (nSPS) is 14.7. The van der Waals surface area contributed by atoms with Gasteiger partial charge in [0.1, 0.15) is 28.8 Å². The minimum absolute atomic E-state index is 0.0466. The lowest BCUT2D eigenvalue weighted by Crippen LogP contribution is -2.53. The van der Waals surface area contributed by atoms with Crippen LogP contribution in [-0.4, -0.2) is 77.2 Å². The van der Waals surface area contributed by atoms with Gasteiger partial charge in [0.25, 0.3) is 0 Å². The Balaban J connectivity index is 1.52. The summed E-state index contributed by atoms with van der Waals surface area (Å²) < 4.78 is 43.5. The number of methoxy groups -OCH3 is 2. The fourth-order valence-corrected chi connectivity index (χ4v) is 4.80. The van der Waals surface area contributed by atoms with Crippen LogP contribution in [0.3, 0.4) is 0 Å². The standard InChI is InChI=1S/C21H27N3O6S/c1-28-18-8-9-19(29-2)20(16-18)31(26,27)24-13-11-23(12-14-24)21(25)22-10-15-30-17-6-4-3-5-7-17/h3-9,16H,10-15H2,1-2H3,(H,22,25). The second-order valence-electron chi connectivity index (χ2n) is 6.80. The largest absolute Gasteiger partial charge is 0.497 e. The SMILES string of the molecule is COc1ccc(OC)c(S(=O)(=O)N2CCN(C(=O)NCCOc3ccccc3)CC2)c1. The third-order valence-corrected chi connectivity index (χ3v) is 6.82. The lowest BCUT2D eigenvalue weighted by molar-refractivity contribution is 0.170. The number of nitrogens with one attached hydrogen (secondary N) is 1. The zero-order valence-corrected chi connectivity index (χ0v) is 18.4. The number of carbonyl (C=O) groups excluding carboxylic acids is 1. The van der Waals surface area contributed by atoms with E-state index in [1.165, 1.54) is 24.6 Å². The molecule has 1 aliphatic heterocycles. The molecule has 0 atom stereocenters. The van der Waals surface area contributed by atoms with Gasteiger partial charge in [0.05, 0.1) is 20.8 Å². The predicted molar refractivity (Wildman–Crippen MR) is 115 cm³/mol. The average molecular weight is 450 g/mol. The van der Waals surface area contributed by atoms with Gasteiger partial charge in [-0.2, -0.15) is 4.31 Å². The number of urea groups is 1. The van der Waals surface area contributed by atoms with Gasteiger partial charge in [-0.05, 0) is 24.3 Å². The van der Waals surface area contributed by atoms with Crippen LogP contribution in [0.4, 0.5) is 4.79 Å². The van der Waals surface area contributed by atoms with Crippen LogP contribution in [0.5, 0.6) is 17.2 Å². The van der Waals surface area contributed by atoms with Crippen molar-refractivity contribution in [2.24, 2.45) is 0 Å². The summed E-state index contributed by atoms with van der Waals surface area (Å²) >= 11 is 0. The first kappa shape index (κ1) is 22.7. The van der Waals surface area contributed by atoms with E-state index in [-0.39, 0.29) is 42.9 Å². The first-order valence-corrected chi connectivity index (χ1v) is 11.3. The Morgan fingerprint density at radius 1 is 0.968 bits per heavy atom. The Bertz CT molecular complexity index is 976. The smallest absolute Gasteiger partial charge is 0.317 e. The molecule has 2 aromatic rings. The Morgan fingerprint density at radius 2 is 1.68 bits per heavy atom. The van der Waals surface area contributed by atoms with Crippen molar-refractivity contribution >= 4 is 16.1 Å². The van der Waals surface area contributed by atoms with Crippen molar-refractivity contribution in [1.29, 1.82) is 0 Å². The molecule has 0 aliphatic carbocycles. The molecule has 0 unspecified atom stereocenters. The van der Waals surface area contributed by atoms with E-state index in [0.29, 0.717) is 18.9 Å². The molecule has 1 aliphatic rings. The van der Waals surface area contributed by atoms with Gasteiger partial charge >= 0.3 is 6.03 Å². The first-order chi connectivity index (χ1) is 15.0. The maximum Gasteiger partial charge on any atom is 0.317 e. The number of rotatable bonds is 8. The number of sulfonamides is 1. The fraction of sp³-hybridized carbons (Fsp3) is 0.381. The molecule has 2 aromatic carbocycles. The molecule has 168 valence electrons. The number of benzene rings is 2. The zero-order chi connectivity index (χ0) is 22.3. The number of ether oxygens (including phenoxy) is 3. The Morgan fingerprint density at radius 3 is 2.32 bits per heavy atom. The molecule has 0 spiro atoms. The maximum atomic E-state index is 13.1. The Kier molecular flexibility index (Phi) is 7.59. The van der Waals surface area contributed by atoms with Crippen LogP contribution in [0.1, 0.15) is 0 Å². The van der Waals surface area contributed by atoms with Crippen LogP contribution >= 0.6 is 0 Å². The van der Waals surface area contributed by atoms with Crippen LogP contribution in [0.2, 0.25) is 0 Å². The molecule has 1 heterocycles. The van der Waals surface area contributed by atoms with Crippen molar-refractivity contribution in [3.05, 3.63) is 48.5 Å². The molecule has 1 N–H and O–H groups in total. The number of amides is 2. The van der Waals surface area contributed by atoms with Gasteiger partial charge in [0.2, 0.25) is 10.0 Å². The highest BCUT2D eigenvalue weighted by atomic mass is 32.2. The molecule has 9 nitrogen and oxygen atoms in total. The van der Waals surface area contributed by atoms with E-state index >= 15 is 0 Å². The molecular formula is C21H27N3O6S. The number of nitrogens with zero attached hydrogens (tertiary/aromatic N) is 2. The van der Waals surface area contributed by atoms with Gasteiger partial charge in [-0.25, -0.2) is 13.2 Å². The summed E-state index contributed by atoms with van der Waals surface area (Å²) in [7, 11) is -0.894. The molecule has 2 amide bonds. The van der Waals surface area contributed by atoms with Gasteiger partial charge < -0.3 is 24.4 Å². The van der Waals surface area contributed by atoms with E-state index in [1.54, 1.807) is 17.0 Å². The van der Waals surface area contributed by atoms with Crippen LogP contribution in [0, 0.1) is 0 Å². The minimum atomic E-state index is -3.79. The molecule has 0 saturated carbocycles. The van der Waals surface area contributed by atoms with Gasteiger partial charge in [-0.15, -0.1) is 0 Å². The lowest BCUT2D eigenvalue weighted by Gasteiger charge is -2.34. The highest BCUT2D eigenvalue weighted by molar-refractivity contribution is 7.89. The van der Waals surface area contributed by atoms with E-state index < -0.39 is 10.0 Å². The van der Waals surface area contributed by atoms with Crippen molar-refractivity contribution < 1.29 is 27.4 Å². The highest BCUT2D eigenvalue weighted by Gasteiger charge is 2.32. The summed E-state index contributed by atoms with van der Waals surface area (Å²) in [5, 5.41) is 2.80. The third kappa shape index (κ3) is 5.59. The summed E-state index contributed by atoms with van der Waals surface area (Å²) in [4.78, 5) is 14.0. The van der Waals surface area contributed by atoms with Gasteiger partial charge in [0.15, 0.2) is 0 Å². The summed E-state index contributed by atoms with van der Waals surface area (Å²) in [5.74, 6) is 1.41. The maximum absolute atomic E-state index is 13.1. The topological polar surface area (TPSA) is 97.4 Å². The van der Waals surface area contributed by atoms with Gasteiger partial charge in [0, 0.05) is 32.2 Å². The molecule has 1 saturated heterocycles. The number of para-hydroxylation sites is 1. The average Bonchev–Trinajstić information content (AvgIpc) is 2.82. The van der Waals surface area contributed by atoms with Crippen LogP contribution in [-0.2, 0) is 10.0 Å². The second kappa shape index (κ2) is 10.4. The van der Waals surface area contributed by atoms with Crippen LogP contribution < -0.4 is 19.5 Å². The minimum Gasteiger partial charge on any atom is -0.497 e. The summed E-state index contributed by atoms with van der Waals surface area (Å²) in [6.07, 6.45) is 0. The van der Waals surface area contributed by atoms with Crippen LogP contribution in [0.15, 0.2) is 53.4 Å².